The van der Waals surface area contributed by atoms with Gasteiger partial charge >= 0.3 is 0 Å². The Morgan fingerprint density at radius 3 is 2.46 bits per heavy atom. The van der Waals surface area contributed by atoms with Crippen molar-refractivity contribution in [3.63, 3.8) is 0 Å². The van der Waals surface area contributed by atoms with Crippen LogP contribution >= 0.6 is 34.4 Å². The van der Waals surface area contributed by atoms with Crippen molar-refractivity contribution in [2.24, 2.45) is 16.4 Å². The summed E-state index contributed by atoms with van der Waals surface area (Å²) >= 11 is 4.55. The number of fused-ring (bicyclic) bond motifs is 3. The number of hydrogen-bond donors (Lipinski definition) is 0. The van der Waals surface area contributed by atoms with Crippen LogP contribution in [0.5, 0.6) is 11.5 Å². The van der Waals surface area contributed by atoms with E-state index < -0.39 is 0 Å². The minimum atomic E-state index is -0.323. The number of aromatic nitrogens is 2. The fourth-order valence-corrected chi connectivity index (χ4v) is 10.2. The molecule has 2 unspecified atom stereocenters. The maximum Gasteiger partial charge on any atom is 0.267 e. The van der Waals surface area contributed by atoms with E-state index in [1.165, 1.54) is 16.6 Å². The number of rotatable bonds is 8. The zero-order valence-corrected chi connectivity index (χ0v) is 32.0. The number of thioether (sulfide) groups is 1. The molecule has 2 atom stereocenters. The van der Waals surface area contributed by atoms with Crippen LogP contribution < -0.4 is 15.0 Å². The number of hydrogen-bond acceptors (Lipinski definition) is 9. The van der Waals surface area contributed by atoms with Crippen LogP contribution in [0, 0.1) is 25.2 Å². The van der Waals surface area contributed by atoms with Crippen LogP contribution in [0.2, 0.25) is 0 Å². The molecule has 0 fully saturated rings. The lowest BCUT2D eigenvalue weighted by Crippen LogP contribution is -2.29. The van der Waals surface area contributed by atoms with E-state index in [0.29, 0.717) is 29.0 Å². The standard InChI is InChI=1S/C39H42N4O4S3/c1-22-10-8-11-23(2)35(22)42-37(45)34-26-15-14-25(39(3,4)5)19-32(26)50-36(34)40-38(42)49-21-33(44)43-28(20-27(41-43)31-12-9-17-48-31)24-13-16-29(46-6)30(18-24)47-7/h8-13,16-18,25,28H,14-15,19-21H2,1-7H3. The van der Waals surface area contributed by atoms with Crippen molar-refractivity contribution >= 4 is 56.3 Å². The zero-order valence-electron chi connectivity index (χ0n) is 29.5. The number of nitrogens with zero attached hydrogens (tertiary/aromatic N) is 4. The van der Waals surface area contributed by atoms with Gasteiger partial charge in [-0.1, -0.05) is 62.9 Å². The summed E-state index contributed by atoms with van der Waals surface area (Å²) in [5.74, 6) is 1.66. The number of ether oxygens (including phenoxy) is 2. The third-order valence-electron chi connectivity index (χ3n) is 10.0. The smallest absolute Gasteiger partial charge is 0.267 e. The number of methoxy groups -OCH3 is 2. The second kappa shape index (κ2) is 13.7. The molecular formula is C39H42N4O4S3. The molecule has 260 valence electrons. The highest BCUT2D eigenvalue weighted by molar-refractivity contribution is 7.99. The third kappa shape index (κ3) is 6.28. The molecule has 3 aromatic heterocycles. The molecule has 1 aliphatic heterocycles. The summed E-state index contributed by atoms with van der Waals surface area (Å²) in [4.78, 5) is 37.1. The van der Waals surface area contributed by atoms with Gasteiger partial charge in [0.25, 0.3) is 11.5 Å². The quantitative estimate of drug-likeness (QED) is 0.117. The highest BCUT2D eigenvalue weighted by Crippen LogP contribution is 2.43. The molecule has 0 saturated carbocycles. The monoisotopic (exact) mass is 726 g/mol. The number of aryl methyl sites for hydroxylation is 3. The Hall–Kier alpha value is -3.93. The Morgan fingerprint density at radius 2 is 1.78 bits per heavy atom. The molecule has 0 saturated heterocycles. The van der Waals surface area contributed by atoms with Gasteiger partial charge in [-0.2, -0.15) is 5.10 Å². The number of hydrazone groups is 1. The average molecular weight is 727 g/mol. The van der Waals surface area contributed by atoms with Gasteiger partial charge in [0.2, 0.25) is 0 Å². The second-order valence-electron chi connectivity index (χ2n) is 14.2. The van der Waals surface area contributed by atoms with E-state index in [2.05, 4.69) is 20.8 Å². The summed E-state index contributed by atoms with van der Waals surface area (Å²) in [7, 11) is 3.21. The van der Waals surface area contributed by atoms with Crippen molar-refractivity contribution in [3.05, 3.63) is 96.3 Å². The molecule has 5 aromatic rings. The first-order valence-corrected chi connectivity index (χ1v) is 19.6. The van der Waals surface area contributed by atoms with Gasteiger partial charge in [-0.25, -0.2) is 9.99 Å². The van der Waals surface area contributed by atoms with Gasteiger partial charge in [-0.05, 0) is 90.3 Å². The average Bonchev–Trinajstić information content (AvgIpc) is 3.86. The largest absolute Gasteiger partial charge is 0.493 e. The van der Waals surface area contributed by atoms with Crippen LogP contribution in [0.25, 0.3) is 15.9 Å². The fourth-order valence-electron chi connectivity index (χ4n) is 7.24. The van der Waals surface area contributed by atoms with Crippen molar-refractivity contribution in [2.75, 3.05) is 20.0 Å². The number of para-hydroxylation sites is 1. The maximum atomic E-state index is 14.7. The van der Waals surface area contributed by atoms with Gasteiger partial charge in [0.1, 0.15) is 4.83 Å². The first kappa shape index (κ1) is 34.5. The fraction of sp³-hybridized carbons (Fsp3) is 0.385. The number of benzene rings is 2. The van der Waals surface area contributed by atoms with Crippen molar-refractivity contribution in [3.8, 4) is 17.2 Å². The molecule has 0 N–H and O–H groups in total. The van der Waals surface area contributed by atoms with E-state index in [1.54, 1.807) is 46.5 Å². The number of carbonyl (C=O) groups excluding carboxylic acids is 1. The van der Waals surface area contributed by atoms with E-state index in [9.17, 15) is 9.59 Å². The molecule has 0 bridgehead atoms. The van der Waals surface area contributed by atoms with E-state index in [4.69, 9.17) is 19.6 Å². The van der Waals surface area contributed by atoms with E-state index in [1.807, 2.05) is 67.8 Å². The van der Waals surface area contributed by atoms with Crippen LogP contribution in [0.1, 0.15) is 71.7 Å². The molecule has 7 rings (SSSR count). The van der Waals surface area contributed by atoms with Crippen LogP contribution in [-0.2, 0) is 17.6 Å². The van der Waals surface area contributed by atoms with Gasteiger partial charge in [0, 0.05) is 11.3 Å². The van der Waals surface area contributed by atoms with Crippen LogP contribution in [0.4, 0.5) is 0 Å². The molecule has 4 heterocycles. The van der Waals surface area contributed by atoms with Crippen molar-refractivity contribution in [1.29, 1.82) is 0 Å². The van der Waals surface area contributed by atoms with Gasteiger partial charge in [0.15, 0.2) is 16.7 Å². The van der Waals surface area contributed by atoms with Gasteiger partial charge in [-0.3, -0.25) is 14.2 Å². The van der Waals surface area contributed by atoms with E-state index >= 15 is 0 Å². The predicted octanol–water partition coefficient (Wildman–Crippen LogP) is 8.76. The SMILES string of the molecule is COc1ccc(C2CC(c3cccs3)=NN2C(=O)CSc2nc3sc4c(c3c(=O)n2-c2c(C)cccc2C)CCC(C(C)(C)C)C4)cc1OC. The zero-order chi connectivity index (χ0) is 35.3. The highest BCUT2D eigenvalue weighted by Gasteiger charge is 2.35. The van der Waals surface area contributed by atoms with Gasteiger partial charge < -0.3 is 9.47 Å². The molecule has 2 aliphatic rings. The van der Waals surface area contributed by atoms with Gasteiger partial charge in [-0.15, -0.1) is 22.7 Å². The van der Waals surface area contributed by atoms with E-state index in [-0.39, 0.29) is 28.7 Å². The molecular weight excluding hydrogens is 685 g/mol. The molecule has 0 spiro atoms. The first-order valence-electron chi connectivity index (χ1n) is 16.9. The molecule has 11 heteroatoms. The number of thiophene rings is 2. The summed E-state index contributed by atoms with van der Waals surface area (Å²) in [6.07, 6.45) is 3.46. The number of carbonyl (C=O) groups is 1. The summed E-state index contributed by atoms with van der Waals surface area (Å²) in [6, 6.07) is 15.5. The maximum absolute atomic E-state index is 14.7. The lowest BCUT2D eigenvalue weighted by atomic mass is 9.72. The molecule has 1 aliphatic carbocycles. The van der Waals surface area contributed by atoms with Crippen molar-refractivity contribution in [1.82, 2.24) is 14.6 Å². The molecule has 8 nitrogen and oxygen atoms in total. The van der Waals surface area contributed by atoms with Crippen molar-refractivity contribution in [2.45, 2.75) is 71.5 Å². The molecule has 2 aromatic carbocycles. The van der Waals surface area contributed by atoms with Crippen molar-refractivity contribution < 1.29 is 14.3 Å². The lowest BCUT2D eigenvalue weighted by molar-refractivity contribution is -0.130. The third-order valence-corrected chi connectivity index (χ3v) is 13.0. The Bertz CT molecular complexity index is 2160. The Labute approximate surface area is 305 Å². The predicted molar refractivity (Wildman–Crippen MR) is 205 cm³/mol. The summed E-state index contributed by atoms with van der Waals surface area (Å²) < 4.78 is 12.8. The molecule has 50 heavy (non-hydrogen) atoms. The molecule has 1 amide bonds. The summed E-state index contributed by atoms with van der Waals surface area (Å²) in [5.41, 5.74) is 5.85. The minimum absolute atomic E-state index is 0.0589. The Balaban J connectivity index is 1.27. The second-order valence-corrected chi connectivity index (χ2v) is 17.1. The molecule has 0 radical (unpaired) electrons. The first-order chi connectivity index (χ1) is 24.0. The van der Waals surface area contributed by atoms with E-state index in [0.717, 1.165) is 68.0 Å². The Kier molecular flexibility index (Phi) is 9.43. The highest BCUT2D eigenvalue weighted by atomic mass is 32.2. The summed E-state index contributed by atoms with van der Waals surface area (Å²) in [6.45, 7) is 11.0. The van der Waals surface area contributed by atoms with Crippen LogP contribution in [-0.4, -0.2) is 46.2 Å². The van der Waals surface area contributed by atoms with Gasteiger partial charge in [0.05, 0.1) is 47.7 Å². The van der Waals surface area contributed by atoms with Crippen LogP contribution in [0.3, 0.4) is 0 Å². The minimum Gasteiger partial charge on any atom is -0.493 e. The topological polar surface area (TPSA) is 86.0 Å². The normalized spacial score (nSPS) is 17.6. The summed E-state index contributed by atoms with van der Waals surface area (Å²) in [5, 5.41) is 9.75. The lowest BCUT2D eigenvalue weighted by Gasteiger charge is -2.33. The van der Waals surface area contributed by atoms with Crippen LogP contribution in [0.15, 0.2) is 69.0 Å². The Morgan fingerprint density at radius 1 is 1.02 bits per heavy atom. The number of amides is 1.